The van der Waals surface area contributed by atoms with Gasteiger partial charge in [0.15, 0.2) is 5.72 Å². The Hall–Kier alpha value is -2.66. The van der Waals surface area contributed by atoms with Gasteiger partial charge in [-0.15, -0.1) is 0 Å². The topological polar surface area (TPSA) is 69.2 Å². The molecule has 5 heteroatoms. The maximum absolute atomic E-state index is 13.2. The van der Waals surface area contributed by atoms with E-state index in [0.29, 0.717) is 16.7 Å². The third-order valence-electron chi connectivity index (χ3n) is 5.86. The number of aliphatic hydroxyl groups is 1. The molecule has 1 aliphatic heterocycles. The number of aromatic nitrogens is 2. The SMILES string of the molecule is O=C1c2ccccc2C(O)(c2ccc3nc[nH]c3c2)N1C1CCCCC1. The van der Waals surface area contributed by atoms with Crippen molar-refractivity contribution in [2.75, 3.05) is 0 Å². The van der Waals surface area contributed by atoms with Crippen molar-refractivity contribution in [3.8, 4) is 0 Å². The third-order valence-corrected chi connectivity index (χ3v) is 5.86. The highest BCUT2D eigenvalue weighted by Gasteiger charge is 2.52. The molecule has 0 radical (unpaired) electrons. The molecule has 3 aromatic rings. The number of hydrogen-bond acceptors (Lipinski definition) is 3. The second kappa shape index (κ2) is 5.68. The maximum atomic E-state index is 13.2. The second-order valence-electron chi connectivity index (χ2n) is 7.32. The van der Waals surface area contributed by atoms with E-state index in [2.05, 4.69) is 9.97 Å². The minimum absolute atomic E-state index is 0.0612. The van der Waals surface area contributed by atoms with E-state index < -0.39 is 5.72 Å². The molecule has 0 saturated heterocycles. The number of aromatic amines is 1. The first-order valence-corrected chi connectivity index (χ1v) is 9.29. The first-order chi connectivity index (χ1) is 12.7. The summed E-state index contributed by atoms with van der Waals surface area (Å²) < 4.78 is 0. The lowest BCUT2D eigenvalue weighted by Gasteiger charge is -2.41. The van der Waals surface area contributed by atoms with Crippen molar-refractivity contribution in [1.82, 2.24) is 14.9 Å². The van der Waals surface area contributed by atoms with Crippen molar-refractivity contribution in [3.63, 3.8) is 0 Å². The van der Waals surface area contributed by atoms with Gasteiger partial charge < -0.3 is 10.1 Å². The first kappa shape index (κ1) is 15.6. The summed E-state index contributed by atoms with van der Waals surface area (Å²) >= 11 is 0. The molecule has 1 aromatic heterocycles. The molecular formula is C21H21N3O2. The fourth-order valence-corrected chi connectivity index (χ4v) is 4.60. The normalized spacial score (nSPS) is 23.6. The van der Waals surface area contributed by atoms with Crippen LogP contribution in [0.1, 0.15) is 53.6 Å². The molecule has 1 saturated carbocycles. The van der Waals surface area contributed by atoms with Gasteiger partial charge in [-0.25, -0.2) is 4.98 Å². The molecule has 132 valence electrons. The predicted octanol–water partition coefficient (Wildman–Crippen LogP) is 3.54. The number of benzene rings is 2. The lowest BCUT2D eigenvalue weighted by molar-refractivity contribution is -0.0755. The van der Waals surface area contributed by atoms with Crippen LogP contribution in [0.25, 0.3) is 11.0 Å². The number of nitrogens with one attached hydrogen (secondary N) is 1. The van der Waals surface area contributed by atoms with E-state index in [9.17, 15) is 9.90 Å². The molecule has 1 aliphatic carbocycles. The van der Waals surface area contributed by atoms with Crippen LogP contribution in [0.3, 0.4) is 0 Å². The van der Waals surface area contributed by atoms with Gasteiger partial charge in [0.2, 0.25) is 0 Å². The second-order valence-corrected chi connectivity index (χ2v) is 7.32. The van der Waals surface area contributed by atoms with Gasteiger partial charge in [0, 0.05) is 22.7 Å². The fraction of sp³-hybridized carbons (Fsp3) is 0.333. The zero-order valence-electron chi connectivity index (χ0n) is 14.5. The lowest BCUT2D eigenvalue weighted by atomic mass is 9.89. The first-order valence-electron chi connectivity index (χ1n) is 9.29. The van der Waals surface area contributed by atoms with Crippen LogP contribution in [0.4, 0.5) is 0 Å². The van der Waals surface area contributed by atoms with Gasteiger partial charge >= 0.3 is 0 Å². The van der Waals surface area contributed by atoms with Crippen LogP contribution in [0.5, 0.6) is 0 Å². The summed E-state index contributed by atoms with van der Waals surface area (Å²) in [7, 11) is 0. The van der Waals surface area contributed by atoms with Gasteiger partial charge in [-0.1, -0.05) is 43.5 Å². The lowest BCUT2D eigenvalue weighted by Crippen LogP contribution is -2.51. The molecule has 2 heterocycles. The zero-order chi connectivity index (χ0) is 17.7. The van der Waals surface area contributed by atoms with Crippen molar-refractivity contribution < 1.29 is 9.90 Å². The molecular weight excluding hydrogens is 326 g/mol. The van der Waals surface area contributed by atoms with E-state index in [0.717, 1.165) is 36.7 Å². The molecule has 1 unspecified atom stereocenters. The number of carbonyl (C=O) groups excluding carboxylic acids is 1. The number of hydrogen-bond donors (Lipinski definition) is 2. The minimum atomic E-state index is -1.44. The molecule has 2 aromatic carbocycles. The van der Waals surface area contributed by atoms with E-state index in [4.69, 9.17) is 0 Å². The van der Waals surface area contributed by atoms with E-state index in [1.807, 2.05) is 42.5 Å². The minimum Gasteiger partial charge on any atom is -0.363 e. The summed E-state index contributed by atoms with van der Waals surface area (Å²) in [5.41, 5.74) is 2.25. The molecule has 26 heavy (non-hydrogen) atoms. The molecule has 2 aliphatic rings. The van der Waals surface area contributed by atoms with Gasteiger partial charge in [-0.05, 0) is 31.0 Å². The van der Waals surface area contributed by atoms with E-state index in [1.54, 1.807) is 11.2 Å². The molecule has 2 N–H and O–H groups in total. The quantitative estimate of drug-likeness (QED) is 0.745. The Kier molecular flexibility index (Phi) is 3.40. The Morgan fingerprint density at radius 1 is 1.12 bits per heavy atom. The van der Waals surface area contributed by atoms with Gasteiger partial charge in [-0.3, -0.25) is 9.69 Å². The van der Waals surface area contributed by atoms with Crippen LogP contribution in [0.15, 0.2) is 48.8 Å². The van der Waals surface area contributed by atoms with Gasteiger partial charge in [0.25, 0.3) is 5.91 Å². The molecule has 0 spiro atoms. The Morgan fingerprint density at radius 2 is 1.92 bits per heavy atom. The smallest absolute Gasteiger partial charge is 0.257 e. The van der Waals surface area contributed by atoms with Crippen molar-refractivity contribution >= 4 is 16.9 Å². The summed E-state index contributed by atoms with van der Waals surface area (Å²) in [6.45, 7) is 0. The van der Waals surface area contributed by atoms with Crippen LogP contribution in [-0.2, 0) is 5.72 Å². The number of H-pyrrole nitrogens is 1. The number of carbonyl (C=O) groups is 1. The molecule has 1 fully saturated rings. The zero-order valence-corrected chi connectivity index (χ0v) is 14.5. The Bertz CT molecular complexity index is 990. The Labute approximate surface area is 151 Å². The highest BCUT2D eigenvalue weighted by Crippen LogP contribution is 2.45. The highest BCUT2D eigenvalue weighted by molar-refractivity contribution is 6.00. The van der Waals surface area contributed by atoms with E-state index >= 15 is 0 Å². The molecule has 5 rings (SSSR count). The molecule has 1 atom stereocenters. The van der Waals surface area contributed by atoms with Crippen molar-refractivity contribution in [1.29, 1.82) is 0 Å². The van der Waals surface area contributed by atoms with Crippen LogP contribution in [0, 0.1) is 0 Å². The summed E-state index contributed by atoms with van der Waals surface area (Å²) in [4.78, 5) is 22.3. The average Bonchev–Trinajstić information content (AvgIpc) is 3.24. The number of imidazole rings is 1. The van der Waals surface area contributed by atoms with Crippen molar-refractivity contribution in [2.24, 2.45) is 0 Å². The number of fused-ring (bicyclic) bond motifs is 2. The van der Waals surface area contributed by atoms with Crippen molar-refractivity contribution in [2.45, 2.75) is 43.9 Å². The molecule has 5 nitrogen and oxygen atoms in total. The fourth-order valence-electron chi connectivity index (χ4n) is 4.60. The average molecular weight is 347 g/mol. The largest absolute Gasteiger partial charge is 0.363 e. The summed E-state index contributed by atoms with van der Waals surface area (Å²) in [6.07, 6.45) is 6.92. The molecule has 0 bridgehead atoms. The van der Waals surface area contributed by atoms with E-state index in [1.165, 1.54) is 6.42 Å². The van der Waals surface area contributed by atoms with Crippen LogP contribution < -0.4 is 0 Å². The van der Waals surface area contributed by atoms with Gasteiger partial charge in [-0.2, -0.15) is 0 Å². The van der Waals surface area contributed by atoms with Crippen LogP contribution in [-0.4, -0.2) is 31.9 Å². The third kappa shape index (κ3) is 2.07. The summed E-state index contributed by atoms with van der Waals surface area (Å²) in [5, 5.41) is 12.0. The number of amides is 1. The van der Waals surface area contributed by atoms with E-state index in [-0.39, 0.29) is 11.9 Å². The highest BCUT2D eigenvalue weighted by atomic mass is 16.3. The van der Waals surface area contributed by atoms with Gasteiger partial charge in [0.1, 0.15) is 0 Å². The number of rotatable bonds is 2. The predicted molar refractivity (Wildman–Crippen MR) is 98.6 cm³/mol. The standard InChI is InChI=1S/C21H21N3O2/c25-20-16-8-4-5-9-17(16)21(26,24(20)15-6-2-1-3-7-15)14-10-11-18-19(12-14)23-13-22-18/h4-5,8-13,15,26H,1-3,6-7H2,(H,22,23). The Morgan fingerprint density at radius 3 is 2.77 bits per heavy atom. The number of nitrogens with zero attached hydrogens (tertiary/aromatic N) is 2. The van der Waals surface area contributed by atoms with Crippen LogP contribution >= 0.6 is 0 Å². The monoisotopic (exact) mass is 347 g/mol. The molecule has 1 amide bonds. The van der Waals surface area contributed by atoms with Gasteiger partial charge in [0.05, 0.1) is 17.4 Å². The van der Waals surface area contributed by atoms with Crippen molar-refractivity contribution in [3.05, 3.63) is 65.5 Å². The Balaban J connectivity index is 1.71. The van der Waals surface area contributed by atoms with Crippen LogP contribution in [0.2, 0.25) is 0 Å². The summed E-state index contributed by atoms with van der Waals surface area (Å²) in [5.74, 6) is -0.0697. The maximum Gasteiger partial charge on any atom is 0.257 e. The summed E-state index contributed by atoms with van der Waals surface area (Å²) in [6, 6.07) is 13.2.